The van der Waals surface area contributed by atoms with Crippen LogP contribution in [0.4, 0.5) is 5.69 Å². The molecule has 130 valence electrons. The second-order valence-electron chi connectivity index (χ2n) is 5.76. The molecule has 0 aliphatic heterocycles. The normalized spacial score (nSPS) is 12.7. The maximum atomic E-state index is 12.4. The van der Waals surface area contributed by atoms with Gasteiger partial charge in [0.25, 0.3) is 0 Å². The summed E-state index contributed by atoms with van der Waals surface area (Å²) in [6.45, 7) is 6.38. The lowest BCUT2D eigenvalue weighted by Gasteiger charge is -2.20. The van der Waals surface area contributed by atoms with E-state index in [0.717, 1.165) is 11.3 Å². The number of rotatable bonds is 7. The Kier molecular flexibility index (Phi) is 6.55. The highest BCUT2D eigenvalue weighted by Crippen LogP contribution is 2.19. The first-order chi connectivity index (χ1) is 12.0. The Bertz CT molecular complexity index is 750. The summed E-state index contributed by atoms with van der Waals surface area (Å²) in [6.07, 6.45) is 0. The number of nitriles is 1. The minimum absolute atomic E-state index is 0.00244. The van der Waals surface area contributed by atoms with Crippen LogP contribution in [0.3, 0.4) is 0 Å². The second kappa shape index (κ2) is 8.86. The molecule has 5 nitrogen and oxygen atoms in total. The molecule has 0 saturated carbocycles. The Morgan fingerprint density at radius 2 is 1.84 bits per heavy atom. The van der Waals surface area contributed by atoms with Crippen molar-refractivity contribution in [2.24, 2.45) is 0 Å². The number of benzene rings is 2. The van der Waals surface area contributed by atoms with E-state index >= 15 is 0 Å². The summed E-state index contributed by atoms with van der Waals surface area (Å²) in [5.74, 6) is 0.651. The molecule has 0 fully saturated rings. The van der Waals surface area contributed by atoms with E-state index in [2.05, 4.69) is 16.7 Å². The maximum Gasteiger partial charge on any atom is 0.241 e. The predicted molar refractivity (Wildman–Crippen MR) is 98.4 cm³/mol. The summed E-state index contributed by atoms with van der Waals surface area (Å²) in [7, 11) is 0. The van der Waals surface area contributed by atoms with Gasteiger partial charge in [-0.05, 0) is 50.6 Å². The molecule has 25 heavy (non-hydrogen) atoms. The third-order valence-electron chi connectivity index (χ3n) is 3.89. The van der Waals surface area contributed by atoms with Crippen LogP contribution in [0.2, 0.25) is 0 Å². The number of nitrogens with one attached hydrogen (secondary N) is 2. The van der Waals surface area contributed by atoms with Gasteiger partial charge in [-0.1, -0.05) is 24.3 Å². The van der Waals surface area contributed by atoms with Crippen molar-refractivity contribution in [1.29, 1.82) is 5.26 Å². The highest BCUT2D eigenvalue weighted by molar-refractivity contribution is 5.95. The van der Waals surface area contributed by atoms with E-state index in [1.807, 2.05) is 38.1 Å². The lowest BCUT2D eigenvalue weighted by atomic mass is 10.1. The van der Waals surface area contributed by atoms with E-state index in [4.69, 9.17) is 10.00 Å². The Morgan fingerprint density at radius 3 is 2.48 bits per heavy atom. The van der Waals surface area contributed by atoms with Gasteiger partial charge in [-0.2, -0.15) is 5.26 Å². The molecule has 2 aromatic carbocycles. The Labute approximate surface area is 148 Å². The largest absolute Gasteiger partial charge is 0.494 e. The van der Waals surface area contributed by atoms with Crippen LogP contribution >= 0.6 is 0 Å². The van der Waals surface area contributed by atoms with E-state index in [-0.39, 0.29) is 11.9 Å². The van der Waals surface area contributed by atoms with Crippen LogP contribution in [0.15, 0.2) is 48.5 Å². The molecular formula is C20H23N3O2. The smallest absolute Gasteiger partial charge is 0.241 e. The van der Waals surface area contributed by atoms with Gasteiger partial charge in [-0.25, -0.2) is 0 Å². The monoisotopic (exact) mass is 337 g/mol. The number of carbonyl (C=O) groups excluding carboxylic acids is 1. The molecule has 2 N–H and O–H groups in total. The molecule has 2 aromatic rings. The number of ether oxygens (including phenoxy) is 1. The standard InChI is InChI=1S/C20H23N3O2/c1-4-25-18-11-9-16(10-12-18)14(2)22-15(3)20(24)23-19-8-6-5-7-17(19)13-21/h5-12,14-15,22H,4H2,1-3H3,(H,23,24)/t14-,15-/m0/s1. The number of carbonyl (C=O) groups is 1. The van der Waals surface area contributed by atoms with Gasteiger partial charge in [0.15, 0.2) is 0 Å². The minimum atomic E-state index is -0.409. The molecule has 2 rings (SSSR count). The van der Waals surface area contributed by atoms with Gasteiger partial charge in [0.2, 0.25) is 5.91 Å². The van der Waals surface area contributed by atoms with E-state index in [1.165, 1.54) is 0 Å². The van der Waals surface area contributed by atoms with Gasteiger partial charge in [-0.15, -0.1) is 0 Å². The molecule has 0 aliphatic rings. The summed E-state index contributed by atoms with van der Waals surface area (Å²) in [5, 5.41) is 15.2. The quantitative estimate of drug-likeness (QED) is 0.809. The Hall–Kier alpha value is -2.84. The number of anilines is 1. The highest BCUT2D eigenvalue weighted by atomic mass is 16.5. The summed E-state index contributed by atoms with van der Waals surface area (Å²) < 4.78 is 5.44. The third kappa shape index (κ3) is 5.07. The molecule has 0 heterocycles. The van der Waals surface area contributed by atoms with Gasteiger partial charge in [-0.3, -0.25) is 10.1 Å². The molecule has 5 heteroatoms. The SMILES string of the molecule is CCOc1ccc([C@H](C)N[C@@H](C)C(=O)Nc2ccccc2C#N)cc1. The minimum Gasteiger partial charge on any atom is -0.494 e. The van der Waals surface area contributed by atoms with Gasteiger partial charge in [0, 0.05) is 6.04 Å². The molecule has 0 bridgehead atoms. The van der Waals surface area contributed by atoms with Crippen molar-refractivity contribution in [3.05, 3.63) is 59.7 Å². The number of hydrogen-bond acceptors (Lipinski definition) is 4. The van der Waals surface area contributed by atoms with E-state index in [9.17, 15) is 4.79 Å². The second-order valence-corrected chi connectivity index (χ2v) is 5.76. The number of nitrogens with zero attached hydrogens (tertiary/aromatic N) is 1. The van der Waals surface area contributed by atoms with E-state index in [1.54, 1.807) is 31.2 Å². The highest BCUT2D eigenvalue weighted by Gasteiger charge is 2.17. The molecule has 0 radical (unpaired) electrons. The van der Waals surface area contributed by atoms with Gasteiger partial charge in [0.1, 0.15) is 11.8 Å². The van der Waals surface area contributed by atoms with Crippen molar-refractivity contribution in [2.75, 3.05) is 11.9 Å². The Morgan fingerprint density at radius 1 is 1.16 bits per heavy atom. The molecule has 0 spiro atoms. The van der Waals surface area contributed by atoms with Crippen molar-refractivity contribution < 1.29 is 9.53 Å². The van der Waals surface area contributed by atoms with Crippen molar-refractivity contribution in [3.8, 4) is 11.8 Å². The van der Waals surface area contributed by atoms with Crippen LogP contribution in [0.1, 0.15) is 37.9 Å². The summed E-state index contributed by atoms with van der Waals surface area (Å²) >= 11 is 0. The van der Waals surface area contributed by atoms with Gasteiger partial charge >= 0.3 is 0 Å². The van der Waals surface area contributed by atoms with Crippen molar-refractivity contribution in [2.45, 2.75) is 32.9 Å². The van der Waals surface area contributed by atoms with Crippen LogP contribution in [0.5, 0.6) is 5.75 Å². The topological polar surface area (TPSA) is 74.2 Å². The first kappa shape index (κ1) is 18.5. The summed E-state index contributed by atoms with van der Waals surface area (Å²) in [4.78, 5) is 12.4. The average Bonchev–Trinajstić information content (AvgIpc) is 2.63. The molecule has 0 unspecified atom stereocenters. The number of para-hydroxylation sites is 1. The van der Waals surface area contributed by atoms with E-state index < -0.39 is 6.04 Å². The van der Waals surface area contributed by atoms with Crippen LogP contribution in [0.25, 0.3) is 0 Å². The molecule has 2 atom stereocenters. The zero-order chi connectivity index (χ0) is 18.2. The fraction of sp³-hybridized carbons (Fsp3) is 0.300. The predicted octanol–water partition coefficient (Wildman–Crippen LogP) is 3.63. The van der Waals surface area contributed by atoms with Crippen LogP contribution in [0, 0.1) is 11.3 Å². The lowest BCUT2D eigenvalue weighted by Crippen LogP contribution is -2.39. The molecular weight excluding hydrogens is 314 g/mol. The molecule has 1 amide bonds. The Balaban J connectivity index is 1.97. The first-order valence-corrected chi connectivity index (χ1v) is 8.34. The van der Waals surface area contributed by atoms with Gasteiger partial charge in [0.05, 0.1) is 23.9 Å². The lowest BCUT2D eigenvalue weighted by molar-refractivity contribution is -0.117. The van der Waals surface area contributed by atoms with Gasteiger partial charge < -0.3 is 10.1 Å². The van der Waals surface area contributed by atoms with Crippen molar-refractivity contribution in [1.82, 2.24) is 5.32 Å². The zero-order valence-electron chi connectivity index (χ0n) is 14.7. The average molecular weight is 337 g/mol. The third-order valence-corrected chi connectivity index (χ3v) is 3.89. The zero-order valence-corrected chi connectivity index (χ0v) is 14.7. The summed E-state index contributed by atoms with van der Waals surface area (Å²) in [6, 6.07) is 16.4. The molecule has 0 aliphatic carbocycles. The van der Waals surface area contributed by atoms with Crippen LogP contribution in [-0.2, 0) is 4.79 Å². The van der Waals surface area contributed by atoms with Crippen molar-refractivity contribution in [3.63, 3.8) is 0 Å². The summed E-state index contributed by atoms with van der Waals surface area (Å²) in [5.41, 5.74) is 2.04. The fourth-order valence-electron chi connectivity index (χ4n) is 2.50. The molecule has 0 aromatic heterocycles. The maximum absolute atomic E-state index is 12.4. The van der Waals surface area contributed by atoms with Crippen LogP contribution < -0.4 is 15.4 Å². The van der Waals surface area contributed by atoms with E-state index in [0.29, 0.717) is 17.9 Å². The number of amides is 1. The first-order valence-electron chi connectivity index (χ1n) is 8.34. The fourth-order valence-corrected chi connectivity index (χ4v) is 2.50. The molecule has 0 saturated heterocycles. The van der Waals surface area contributed by atoms with Crippen molar-refractivity contribution >= 4 is 11.6 Å². The van der Waals surface area contributed by atoms with Crippen LogP contribution in [-0.4, -0.2) is 18.6 Å². The number of hydrogen-bond donors (Lipinski definition) is 2.